The molecule has 1 aliphatic rings. The summed E-state index contributed by atoms with van der Waals surface area (Å²) in [5, 5.41) is 13.7. The molecule has 1 saturated carbocycles. The molecule has 0 heterocycles. The third-order valence-corrected chi connectivity index (χ3v) is 4.86. The van der Waals surface area contributed by atoms with Crippen LogP contribution in [0.2, 0.25) is 0 Å². The molecule has 0 radical (unpaired) electrons. The van der Waals surface area contributed by atoms with Gasteiger partial charge < -0.3 is 15.2 Å². The summed E-state index contributed by atoms with van der Waals surface area (Å²) in [6, 6.07) is 5.95. The Labute approximate surface area is 128 Å². The molecule has 0 spiro atoms. The standard InChI is InChI=1S/C18H29NO2/c1-12(2)16-7-5-13(3)9-17(16)19-11-14-10-15(21-4)6-8-18(14)20/h6,8,10,12-13,16-17,19-20H,5,7,9,11H2,1-4H3. The lowest BCUT2D eigenvalue weighted by Crippen LogP contribution is -2.42. The van der Waals surface area contributed by atoms with Crippen LogP contribution in [0.3, 0.4) is 0 Å². The minimum absolute atomic E-state index is 0.341. The van der Waals surface area contributed by atoms with Gasteiger partial charge in [-0.1, -0.05) is 27.2 Å². The molecule has 1 fully saturated rings. The average molecular weight is 291 g/mol. The van der Waals surface area contributed by atoms with E-state index in [1.807, 2.05) is 6.07 Å². The van der Waals surface area contributed by atoms with Gasteiger partial charge in [0, 0.05) is 18.2 Å². The van der Waals surface area contributed by atoms with E-state index in [1.54, 1.807) is 19.2 Å². The van der Waals surface area contributed by atoms with Crippen LogP contribution in [0.15, 0.2) is 18.2 Å². The molecule has 1 aromatic carbocycles. The molecule has 1 aromatic rings. The van der Waals surface area contributed by atoms with Gasteiger partial charge in [0.2, 0.25) is 0 Å². The minimum atomic E-state index is 0.341. The van der Waals surface area contributed by atoms with Gasteiger partial charge >= 0.3 is 0 Å². The molecular formula is C18H29NO2. The van der Waals surface area contributed by atoms with Crippen LogP contribution in [0.5, 0.6) is 11.5 Å². The fourth-order valence-electron chi connectivity index (χ4n) is 3.51. The van der Waals surface area contributed by atoms with Gasteiger partial charge in [0.05, 0.1) is 7.11 Å². The fraction of sp³-hybridized carbons (Fsp3) is 0.667. The number of rotatable bonds is 5. The van der Waals surface area contributed by atoms with E-state index in [2.05, 4.69) is 26.1 Å². The first-order chi connectivity index (χ1) is 10.0. The van der Waals surface area contributed by atoms with Crippen molar-refractivity contribution in [3.8, 4) is 11.5 Å². The minimum Gasteiger partial charge on any atom is -0.508 e. The van der Waals surface area contributed by atoms with Crippen molar-refractivity contribution in [2.45, 2.75) is 52.6 Å². The van der Waals surface area contributed by atoms with Crippen LogP contribution in [0.1, 0.15) is 45.6 Å². The summed E-state index contributed by atoms with van der Waals surface area (Å²) < 4.78 is 5.24. The number of nitrogens with one attached hydrogen (secondary N) is 1. The maximum Gasteiger partial charge on any atom is 0.120 e. The van der Waals surface area contributed by atoms with Gasteiger partial charge in [-0.3, -0.25) is 0 Å². The molecule has 0 aliphatic heterocycles. The molecule has 3 heteroatoms. The number of hydrogen-bond donors (Lipinski definition) is 2. The number of ether oxygens (including phenoxy) is 1. The molecule has 0 saturated heterocycles. The van der Waals surface area contributed by atoms with Crippen molar-refractivity contribution < 1.29 is 9.84 Å². The second-order valence-electron chi connectivity index (χ2n) is 6.81. The topological polar surface area (TPSA) is 41.5 Å². The first-order valence-electron chi connectivity index (χ1n) is 8.10. The van der Waals surface area contributed by atoms with E-state index < -0.39 is 0 Å². The highest BCUT2D eigenvalue weighted by atomic mass is 16.5. The van der Waals surface area contributed by atoms with Crippen molar-refractivity contribution in [2.24, 2.45) is 17.8 Å². The lowest BCUT2D eigenvalue weighted by Gasteiger charge is -2.38. The summed E-state index contributed by atoms with van der Waals surface area (Å²) >= 11 is 0. The number of phenolic OH excluding ortho intramolecular Hbond substituents is 1. The Hall–Kier alpha value is -1.22. The predicted molar refractivity (Wildman–Crippen MR) is 86.6 cm³/mol. The normalized spacial score (nSPS) is 26.0. The van der Waals surface area contributed by atoms with Crippen LogP contribution < -0.4 is 10.1 Å². The first-order valence-corrected chi connectivity index (χ1v) is 8.10. The first kappa shape index (κ1) is 16.2. The molecule has 3 unspecified atom stereocenters. The zero-order chi connectivity index (χ0) is 15.4. The molecule has 0 aromatic heterocycles. The van der Waals surface area contributed by atoms with E-state index in [0.717, 1.165) is 23.1 Å². The molecule has 2 N–H and O–H groups in total. The van der Waals surface area contributed by atoms with Crippen LogP contribution in [-0.2, 0) is 6.54 Å². The van der Waals surface area contributed by atoms with Crippen molar-refractivity contribution in [3.63, 3.8) is 0 Å². The van der Waals surface area contributed by atoms with E-state index in [0.29, 0.717) is 24.3 Å². The van der Waals surface area contributed by atoms with Crippen LogP contribution >= 0.6 is 0 Å². The second-order valence-corrected chi connectivity index (χ2v) is 6.81. The largest absolute Gasteiger partial charge is 0.508 e. The summed E-state index contributed by atoms with van der Waals surface area (Å²) in [5.74, 6) is 3.36. The Bertz CT molecular complexity index is 459. The predicted octanol–water partition coefficient (Wildman–Crippen LogP) is 3.95. The van der Waals surface area contributed by atoms with E-state index in [1.165, 1.54) is 19.3 Å². The molecule has 3 atom stereocenters. The maximum absolute atomic E-state index is 9.99. The third kappa shape index (κ3) is 4.13. The highest BCUT2D eigenvalue weighted by Gasteiger charge is 2.30. The quantitative estimate of drug-likeness (QED) is 0.863. The van der Waals surface area contributed by atoms with Crippen LogP contribution in [-0.4, -0.2) is 18.3 Å². The Morgan fingerprint density at radius 3 is 2.76 bits per heavy atom. The number of benzene rings is 1. The Kier molecular flexibility index (Phi) is 5.51. The highest BCUT2D eigenvalue weighted by Crippen LogP contribution is 2.34. The Balaban J connectivity index is 2.03. The van der Waals surface area contributed by atoms with E-state index in [9.17, 15) is 5.11 Å². The molecule has 0 bridgehead atoms. The zero-order valence-corrected chi connectivity index (χ0v) is 13.7. The lowest BCUT2D eigenvalue weighted by atomic mass is 9.74. The van der Waals surface area contributed by atoms with Gasteiger partial charge in [-0.2, -0.15) is 0 Å². The van der Waals surface area contributed by atoms with Crippen LogP contribution in [0, 0.1) is 17.8 Å². The summed E-state index contributed by atoms with van der Waals surface area (Å²) in [4.78, 5) is 0. The Morgan fingerprint density at radius 1 is 1.33 bits per heavy atom. The van der Waals surface area contributed by atoms with Crippen molar-refractivity contribution in [1.82, 2.24) is 5.32 Å². The summed E-state index contributed by atoms with van der Waals surface area (Å²) in [7, 11) is 1.65. The zero-order valence-electron chi connectivity index (χ0n) is 13.7. The SMILES string of the molecule is COc1ccc(O)c(CNC2CC(C)CCC2C(C)C)c1. The van der Waals surface area contributed by atoms with Gasteiger partial charge in [0.15, 0.2) is 0 Å². The fourth-order valence-corrected chi connectivity index (χ4v) is 3.51. The molecule has 118 valence electrons. The van der Waals surface area contributed by atoms with Gasteiger partial charge in [-0.25, -0.2) is 0 Å². The van der Waals surface area contributed by atoms with Gasteiger partial charge in [0.25, 0.3) is 0 Å². The number of hydrogen-bond acceptors (Lipinski definition) is 3. The van der Waals surface area contributed by atoms with Crippen molar-refractivity contribution in [1.29, 1.82) is 0 Å². The molecule has 1 aliphatic carbocycles. The van der Waals surface area contributed by atoms with Crippen molar-refractivity contribution in [3.05, 3.63) is 23.8 Å². The molecule has 21 heavy (non-hydrogen) atoms. The maximum atomic E-state index is 9.99. The van der Waals surface area contributed by atoms with E-state index in [-0.39, 0.29) is 0 Å². The third-order valence-electron chi connectivity index (χ3n) is 4.86. The smallest absolute Gasteiger partial charge is 0.120 e. The lowest BCUT2D eigenvalue weighted by molar-refractivity contribution is 0.169. The summed E-state index contributed by atoms with van der Waals surface area (Å²) in [5.41, 5.74) is 0.912. The second kappa shape index (κ2) is 7.17. The Morgan fingerprint density at radius 2 is 2.10 bits per heavy atom. The van der Waals surface area contributed by atoms with E-state index in [4.69, 9.17) is 4.74 Å². The number of phenols is 1. The highest BCUT2D eigenvalue weighted by molar-refractivity contribution is 5.39. The summed E-state index contributed by atoms with van der Waals surface area (Å²) in [6.07, 6.45) is 3.87. The van der Waals surface area contributed by atoms with Gasteiger partial charge in [-0.05, 0) is 48.8 Å². The molecular weight excluding hydrogens is 262 g/mol. The van der Waals surface area contributed by atoms with Gasteiger partial charge in [-0.15, -0.1) is 0 Å². The van der Waals surface area contributed by atoms with Gasteiger partial charge in [0.1, 0.15) is 11.5 Å². The molecule has 3 nitrogen and oxygen atoms in total. The van der Waals surface area contributed by atoms with Crippen LogP contribution in [0.4, 0.5) is 0 Å². The molecule has 2 rings (SSSR count). The van der Waals surface area contributed by atoms with Crippen molar-refractivity contribution in [2.75, 3.05) is 7.11 Å². The van der Waals surface area contributed by atoms with Crippen molar-refractivity contribution >= 4 is 0 Å². The molecule has 0 amide bonds. The van der Waals surface area contributed by atoms with Crippen LogP contribution in [0.25, 0.3) is 0 Å². The average Bonchev–Trinajstić information content (AvgIpc) is 2.46. The van der Waals surface area contributed by atoms with E-state index >= 15 is 0 Å². The monoisotopic (exact) mass is 291 g/mol. The number of methoxy groups -OCH3 is 1. The summed E-state index contributed by atoms with van der Waals surface area (Å²) in [6.45, 7) is 7.68. The number of aromatic hydroxyl groups is 1.